The molecule has 2 heterocycles. The molecule has 4 aromatic carbocycles. The van der Waals surface area contributed by atoms with E-state index in [4.69, 9.17) is 28.4 Å². The van der Waals surface area contributed by atoms with Gasteiger partial charge in [0.2, 0.25) is 18.1 Å². The van der Waals surface area contributed by atoms with Crippen molar-refractivity contribution in [1.29, 1.82) is 0 Å². The van der Waals surface area contributed by atoms with Gasteiger partial charge >= 0.3 is 41.8 Å². The molecule has 4 aromatic rings. The zero-order chi connectivity index (χ0) is 51.1. The zero-order valence-corrected chi connectivity index (χ0v) is 34.1. The third-order valence-corrected chi connectivity index (χ3v) is 10.4. The van der Waals surface area contributed by atoms with Gasteiger partial charge in [-0.25, -0.2) is 24.0 Å². The van der Waals surface area contributed by atoms with Crippen molar-refractivity contribution in [2.24, 2.45) is 5.92 Å². The molecule has 69 heavy (non-hydrogen) atoms. The molecule has 3 unspecified atom stereocenters. The third-order valence-electron chi connectivity index (χ3n) is 10.4. The molecule has 0 aromatic heterocycles. The van der Waals surface area contributed by atoms with Gasteiger partial charge < -0.3 is 105 Å². The van der Waals surface area contributed by atoms with Crippen LogP contribution in [0.25, 0.3) is 0 Å². The number of fused-ring (bicyclic) bond motifs is 1. The van der Waals surface area contributed by atoms with Gasteiger partial charge in [0.1, 0.15) is 18.8 Å². The van der Waals surface area contributed by atoms with Crippen LogP contribution in [0, 0.1) is 5.92 Å². The smallest absolute Gasteiger partial charge is 0.341 e. The number of benzene rings is 4. The van der Waals surface area contributed by atoms with Gasteiger partial charge in [0, 0.05) is 11.5 Å². The van der Waals surface area contributed by atoms with Gasteiger partial charge in [-0.2, -0.15) is 0 Å². The number of phenols is 11. The fourth-order valence-electron chi connectivity index (χ4n) is 7.04. The summed E-state index contributed by atoms with van der Waals surface area (Å²) in [6, 6.07) is 3.65. The summed E-state index contributed by atoms with van der Waals surface area (Å²) >= 11 is 0. The maximum absolute atomic E-state index is 14.5. The minimum absolute atomic E-state index is 0.336. The van der Waals surface area contributed by atoms with Gasteiger partial charge in [-0.05, 0) is 42.5 Å². The molecule has 2 aliphatic rings. The molecular weight excluding hydrogens is 940 g/mol. The molecule has 0 radical (unpaired) electrons. The number of aromatic hydroxyl groups is 11. The lowest BCUT2D eigenvalue weighted by atomic mass is 9.76. The average Bonchev–Trinajstić information content (AvgIpc) is 3.28. The second kappa shape index (κ2) is 19.0. The van der Waals surface area contributed by atoms with Crippen molar-refractivity contribution >= 4 is 41.8 Å². The van der Waals surface area contributed by atoms with Crippen LogP contribution in [0.15, 0.2) is 42.5 Å². The summed E-state index contributed by atoms with van der Waals surface area (Å²) < 4.78 is 32.0. The maximum Gasteiger partial charge on any atom is 0.341 e. The lowest BCUT2D eigenvalue weighted by Gasteiger charge is -2.42. The van der Waals surface area contributed by atoms with E-state index >= 15 is 0 Å². The third kappa shape index (κ3) is 9.72. The largest absolute Gasteiger partial charge is 0.504 e. The highest BCUT2D eigenvalue weighted by Gasteiger charge is 2.54. The molecule has 0 bridgehead atoms. The summed E-state index contributed by atoms with van der Waals surface area (Å²) in [5, 5.41) is 153. The van der Waals surface area contributed by atoms with Crippen LogP contribution in [-0.2, 0) is 38.1 Å². The summed E-state index contributed by atoms with van der Waals surface area (Å²) in [5.74, 6) is -30.7. The van der Waals surface area contributed by atoms with Gasteiger partial charge in [-0.3, -0.25) is 9.59 Å². The van der Waals surface area contributed by atoms with Crippen molar-refractivity contribution in [3.05, 3.63) is 70.3 Å². The number of aliphatic hydroxyl groups is 2. The molecule has 0 spiro atoms. The van der Waals surface area contributed by atoms with Crippen molar-refractivity contribution < 1.29 is 139 Å². The number of hydrogen-bond donors (Lipinski definition) is 15. The number of carbonyl (C=O) groups excluding carboxylic acids is 5. The van der Waals surface area contributed by atoms with Crippen molar-refractivity contribution in [2.45, 2.75) is 49.1 Å². The number of aliphatic hydroxyl groups excluding tert-OH is 2. The van der Waals surface area contributed by atoms with E-state index in [0.717, 1.165) is 0 Å². The average molecular weight is 975 g/mol. The van der Waals surface area contributed by atoms with E-state index in [1.807, 2.05) is 0 Å². The first-order valence-electron chi connectivity index (χ1n) is 19.1. The maximum atomic E-state index is 14.5. The lowest BCUT2D eigenvalue weighted by Crippen LogP contribution is -2.62. The summed E-state index contributed by atoms with van der Waals surface area (Å²) in [6.07, 6.45) is -16.5. The lowest BCUT2D eigenvalue weighted by molar-refractivity contribution is -0.283. The molecule has 1 fully saturated rings. The van der Waals surface area contributed by atoms with Crippen LogP contribution < -0.4 is 4.74 Å². The van der Waals surface area contributed by atoms with E-state index in [9.17, 15) is 110 Å². The van der Waals surface area contributed by atoms with Crippen LogP contribution in [0.3, 0.4) is 0 Å². The number of aliphatic carboxylic acids is 2. The van der Waals surface area contributed by atoms with Crippen LogP contribution in [0.1, 0.15) is 59.3 Å². The highest BCUT2D eigenvalue weighted by Crippen LogP contribution is 2.51. The van der Waals surface area contributed by atoms with E-state index in [1.165, 1.54) is 0 Å². The first-order valence-corrected chi connectivity index (χ1v) is 19.1. The molecule has 0 aliphatic carbocycles. The van der Waals surface area contributed by atoms with Gasteiger partial charge in [-0.1, -0.05) is 0 Å². The summed E-state index contributed by atoms with van der Waals surface area (Å²) in [7, 11) is 0. The number of phenolic OH excluding ortho intramolecular Hbond substituents is 11. The van der Waals surface area contributed by atoms with Crippen molar-refractivity contribution in [2.75, 3.05) is 6.61 Å². The Labute approximate surface area is 381 Å². The van der Waals surface area contributed by atoms with E-state index in [-0.39, 0.29) is 0 Å². The highest BCUT2D eigenvalue weighted by atomic mass is 16.7. The van der Waals surface area contributed by atoms with Crippen LogP contribution in [-0.4, -0.2) is 162 Å². The molecule has 0 saturated carbocycles. The molecule has 28 heteroatoms. The predicted octanol–water partition coefficient (Wildman–Crippen LogP) is -0.462. The number of hydrogen-bond acceptors (Lipinski definition) is 26. The molecule has 0 amide bonds. The zero-order valence-electron chi connectivity index (χ0n) is 34.1. The Morgan fingerprint density at radius 2 is 1.00 bits per heavy atom. The van der Waals surface area contributed by atoms with E-state index < -0.39 is 200 Å². The number of esters is 5. The summed E-state index contributed by atoms with van der Waals surface area (Å²) in [6.45, 7) is -1.21. The van der Waals surface area contributed by atoms with Crippen molar-refractivity contribution in [3.8, 4) is 69.0 Å². The monoisotopic (exact) mass is 974 g/mol. The second-order valence-electron chi connectivity index (χ2n) is 14.8. The standard InChI is InChI=1S/C41H34O28/c42-15-1-10(2-16(43)26(15)51)36(59)64-9-22-30(55)33(67-37(60)11-3-17(44)27(52)18(45)4-11)34(41(65-22)69-38(61)12-5-19(46)28(53)20(47)6-12)68-39(62)14-7-21(48)29(54)32-25(14)24(31(56)40(63)66-32)13(35(57)58)8-23(49)50/h1-7,13,22,24,30-31,33-34,41-48,51-56H,8-9H2,(H,49,50)(H,57,58)/t13?,22-,24?,30-,31?,33-,34-,41+/m1/s1. The first kappa shape index (κ1) is 49.3. The Hall–Kier alpha value is -9.15. The van der Waals surface area contributed by atoms with Crippen LogP contribution in [0.4, 0.5) is 0 Å². The van der Waals surface area contributed by atoms with Crippen molar-refractivity contribution in [3.63, 3.8) is 0 Å². The highest BCUT2D eigenvalue weighted by molar-refractivity contribution is 5.98. The molecular formula is C41H34O28. The molecule has 366 valence electrons. The van der Waals surface area contributed by atoms with Crippen molar-refractivity contribution in [1.82, 2.24) is 0 Å². The number of ether oxygens (including phenoxy) is 6. The Morgan fingerprint density at radius 3 is 1.46 bits per heavy atom. The number of carbonyl (C=O) groups is 7. The number of rotatable bonds is 13. The minimum Gasteiger partial charge on any atom is -0.504 e. The van der Waals surface area contributed by atoms with Gasteiger partial charge in [0.15, 0.2) is 75.5 Å². The predicted molar refractivity (Wildman–Crippen MR) is 211 cm³/mol. The molecule has 6 rings (SSSR count). The van der Waals surface area contributed by atoms with E-state index in [2.05, 4.69) is 0 Å². The van der Waals surface area contributed by atoms with Gasteiger partial charge in [0.25, 0.3) is 0 Å². The molecule has 15 N–H and O–H groups in total. The fourth-order valence-corrected chi connectivity index (χ4v) is 7.04. The van der Waals surface area contributed by atoms with E-state index in [0.29, 0.717) is 42.5 Å². The Kier molecular flexibility index (Phi) is 13.6. The second-order valence-corrected chi connectivity index (χ2v) is 14.8. The normalized spacial score (nSPS) is 21.1. The molecule has 2 aliphatic heterocycles. The minimum atomic E-state index is -2.65. The van der Waals surface area contributed by atoms with Gasteiger partial charge in [-0.15, -0.1) is 0 Å². The Bertz CT molecular complexity index is 2730. The fraction of sp³-hybridized carbons (Fsp3) is 0.244. The number of carboxylic acid groups (broad SMARTS) is 2. The molecule has 28 nitrogen and oxygen atoms in total. The Balaban J connectivity index is 1.49. The molecule has 1 saturated heterocycles. The SMILES string of the molecule is O=C(O)CC(C(=O)O)C1c2c(C(=O)O[C@H]3[C@H](OC(=O)c4cc(O)c(O)c(O)c4)O[C@H](COC(=O)c4cc(O)c(O)c(O)c4)[C@@H](O)[C@H]3OC(=O)c3cc(O)c(O)c(O)c3)cc(O)c(O)c2OC(=O)C1O. The topological polar surface area (TPSA) is 478 Å². The van der Waals surface area contributed by atoms with Crippen LogP contribution >= 0.6 is 0 Å². The Morgan fingerprint density at radius 1 is 0.565 bits per heavy atom. The number of carboxylic acids is 2. The first-order chi connectivity index (χ1) is 32.3. The van der Waals surface area contributed by atoms with E-state index in [1.54, 1.807) is 0 Å². The molecule has 8 atom stereocenters. The van der Waals surface area contributed by atoms with Crippen LogP contribution in [0.2, 0.25) is 0 Å². The van der Waals surface area contributed by atoms with Crippen LogP contribution in [0.5, 0.6) is 69.0 Å². The summed E-state index contributed by atoms with van der Waals surface area (Å²) in [4.78, 5) is 91.8. The summed E-state index contributed by atoms with van der Waals surface area (Å²) in [5.41, 5.74) is -4.48. The quantitative estimate of drug-likeness (QED) is 0.0349. The van der Waals surface area contributed by atoms with Gasteiger partial charge in [0.05, 0.1) is 34.6 Å².